The molecule has 1 atom stereocenters. The number of likely N-dealkylation sites (tertiary alicyclic amines) is 1. The van der Waals surface area contributed by atoms with Crippen molar-refractivity contribution in [2.45, 2.75) is 31.5 Å². The van der Waals surface area contributed by atoms with Gasteiger partial charge in [-0.15, -0.1) is 0 Å². The molecule has 0 bridgehead atoms. The molecule has 2 rings (SSSR count). The molecule has 0 amide bonds. The first-order valence-electron chi connectivity index (χ1n) is 7.97. The van der Waals surface area contributed by atoms with Crippen LogP contribution in [0.15, 0.2) is 24.3 Å². The monoisotopic (exact) mass is 308 g/mol. The molecule has 0 saturated carbocycles. The third kappa shape index (κ3) is 5.57. The quantitative estimate of drug-likeness (QED) is 0.757. The number of nitrogens with one attached hydrogen (secondary N) is 1. The second-order valence-electron chi connectivity index (χ2n) is 5.91. The normalized spacial score (nSPS) is 18.3. The summed E-state index contributed by atoms with van der Waals surface area (Å²) in [4.78, 5) is 2.31. The number of hydrogen-bond donors (Lipinski definition) is 2. The Hall–Kier alpha value is -1.14. The van der Waals surface area contributed by atoms with Crippen molar-refractivity contribution in [3.8, 4) is 5.75 Å². The highest BCUT2D eigenvalue weighted by Gasteiger charge is 2.20. The van der Waals surface area contributed by atoms with E-state index in [1.165, 1.54) is 5.56 Å². The molecule has 0 spiro atoms. The summed E-state index contributed by atoms with van der Waals surface area (Å²) in [6.45, 7) is 4.07. The Balaban J connectivity index is 1.66. The van der Waals surface area contributed by atoms with Gasteiger partial charge in [0.2, 0.25) is 0 Å². The molecular weight excluding hydrogens is 280 g/mol. The first-order valence-corrected chi connectivity index (χ1v) is 7.97. The summed E-state index contributed by atoms with van der Waals surface area (Å²) < 4.78 is 10.1. The second kappa shape index (κ2) is 9.10. The van der Waals surface area contributed by atoms with Crippen molar-refractivity contribution < 1.29 is 14.6 Å². The molecule has 1 saturated heterocycles. The Morgan fingerprint density at radius 2 is 1.91 bits per heavy atom. The number of piperidine rings is 1. The summed E-state index contributed by atoms with van der Waals surface area (Å²) in [6, 6.07) is 8.75. The average molecular weight is 308 g/mol. The lowest BCUT2D eigenvalue weighted by Gasteiger charge is -2.33. The van der Waals surface area contributed by atoms with Gasteiger partial charge in [0, 0.05) is 26.2 Å². The van der Waals surface area contributed by atoms with Gasteiger partial charge in [0.1, 0.15) is 5.75 Å². The van der Waals surface area contributed by atoms with E-state index >= 15 is 0 Å². The fourth-order valence-corrected chi connectivity index (χ4v) is 2.87. The number of methoxy groups -OCH3 is 2. The fourth-order valence-electron chi connectivity index (χ4n) is 2.87. The van der Waals surface area contributed by atoms with Gasteiger partial charge in [0.05, 0.1) is 19.8 Å². The largest absolute Gasteiger partial charge is 0.497 e. The van der Waals surface area contributed by atoms with Crippen molar-refractivity contribution in [1.82, 2.24) is 10.2 Å². The number of aliphatic hydroxyl groups is 1. The van der Waals surface area contributed by atoms with Crippen molar-refractivity contribution in [3.05, 3.63) is 29.8 Å². The van der Waals surface area contributed by atoms with E-state index in [2.05, 4.69) is 22.3 Å². The first-order chi connectivity index (χ1) is 10.7. The van der Waals surface area contributed by atoms with Crippen LogP contribution >= 0.6 is 0 Å². The van der Waals surface area contributed by atoms with E-state index in [-0.39, 0.29) is 6.10 Å². The van der Waals surface area contributed by atoms with Crippen molar-refractivity contribution in [2.24, 2.45) is 0 Å². The molecule has 1 heterocycles. The highest BCUT2D eigenvalue weighted by Crippen LogP contribution is 2.14. The van der Waals surface area contributed by atoms with E-state index in [1.54, 1.807) is 14.2 Å². The molecule has 0 aromatic heterocycles. The lowest BCUT2D eigenvalue weighted by atomic mass is 10.0. The van der Waals surface area contributed by atoms with Crippen LogP contribution in [0.5, 0.6) is 5.75 Å². The number of ether oxygens (including phenoxy) is 2. The predicted molar refractivity (Wildman–Crippen MR) is 87.2 cm³/mol. The van der Waals surface area contributed by atoms with Gasteiger partial charge in [-0.3, -0.25) is 0 Å². The van der Waals surface area contributed by atoms with Crippen LogP contribution in [-0.4, -0.2) is 62.6 Å². The Bertz CT molecular complexity index is 416. The van der Waals surface area contributed by atoms with Crippen LogP contribution < -0.4 is 10.1 Å². The van der Waals surface area contributed by atoms with E-state index in [9.17, 15) is 5.11 Å². The molecule has 5 heteroatoms. The van der Waals surface area contributed by atoms with Crippen LogP contribution in [0.4, 0.5) is 0 Å². The zero-order valence-electron chi connectivity index (χ0n) is 13.6. The predicted octanol–water partition coefficient (Wildman–Crippen LogP) is 1.26. The van der Waals surface area contributed by atoms with Crippen molar-refractivity contribution in [3.63, 3.8) is 0 Å². The van der Waals surface area contributed by atoms with Crippen LogP contribution in [0.25, 0.3) is 0 Å². The van der Waals surface area contributed by atoms with Crippen LogP contribution in [0.2, 0.25) is 0 Å². The highest BCUT2D eigenvalue weighted by atomic mass is 16.5. The van der Waals surface area contributed by atoms with Gasteiger partial charge in [-0.05, 0) is 43.6 Å². The Labute approximate surface area is 133 Å². The lowest BCUT2D eigenvalue weighted by Crippen LogP contribution is -2.45. The van der Waals surface area contributed by atoms with Crippen LogP contribution in [0.3, 0.4) is 0 Å². The zero-order chi connectivity index (χ0) is 15.8. The number of aliphatic hydroxyl groups excluding tert-OH is 1. The van der Waals surface area contributed by atoms with E-state index < -0.39 is 0 Å². The van der Waals surface area contributed by atoms with E-state index in [0.717, 1.165) is 38.2 Å². The van der Waals surface area contributed by atoms with E-state index in [0.29, 0.717) is 19.2 Å². The number of nitrogens with zero attached hydrogens (tertiary/aromatic N) is 1. The van der Waals surface area contributed by atoms with Gasteiger partial charge >= 0.3 is 0 Å². The molecule has 1 aliphatic heterocycles. The number of β-amino-alcohol motifs (C(OH)–C–C–N with tert-alkyl or cyclic N) is 1. The van der Waals surface area contributed by atoms with Crippen molar-refractivity contribution >= 4 is 0 Å². The molecule has 1 unspecified atom stereocenters. The summed E-state index contributed by atoms with van der Waals surface area (Å²) in [5.74, 6) is 0.895. The van der Waals surface area contributed by atoms with Gasteiger partial charge in [0.15, 0.2) is 0 Å². The lowest BCUT2D eigenvalue weighted by molar-refractivity contribution is 0.0310. The standard InChI is InChI=1S/C17H28N2O3/c1-21-13-16(20)12-19-9-7-15(8-10-19)18-11-14-3-5-17(22-2)6-4-14/h3-6,15-16,18,20H,7-13H2,1-2H3. The topological polar surface area (TPSA) is 54.0 Å². The maximum atomic E-state index is 9.77. The van der Waals surface area contributed by atoms with Crippen LogP contribution in [-0.2, 0) is 11.3 Å². The Morgan fingerprint density at radius 3 is 2.50 bits per heavy atom. The minimum absolute atomic E-state index is 0.381. The molecule has 1 aromatic rings. The molecule has 5 nitrogen and oxygen atoms in total. The van der Waals surface area contributed by atoms with E-state index in [1.807, 2.05) is 12.1 Å². The first kappa shape index (κ1) is 17.2. The summed E-state index contributed by atoms with van der Waals surface area (Å²) in [6.07, 6.45) is 1.86. The molecule has 1 fully saturated rings. The van der Waals surface area contributed by atoms with Crippen molar-refractivity contribution in [2.75, 3.05) is 40.5 Å². The molecule has 124 valence electrons. The third-order valence-electron chi connectivity index (χ3n) is 4.17. The number of hydrogen-bond acceptors (Lipinski definition) is 5. The van der Waals surface area contributed by atoms with Gasteiger partial charge in [0.25, 0.3) is 0 Å². The summed E-state index contributed by atoms with van der Waals surface area (Å²) >= 11 is 0. The molecular formula is C17H28N2O3. The summed E-state index contributed by atoms with van der Waals surface area (Å²) in [5, 5.41) is 13.4. The van der Waals surface area contributed by atoms with E-state index in [4.69, 9.17) is 9.47 Å². The maximum Gasteiger partial charge on any atom is 0.118 e. The fraction of sp³-hybridized carbons (Fsp3) is 0.647. The minimum atomic E-state index is -0.381. The maximum absolute atomic E-state index is 9.77. The number of rotatable bonds is 8. The Kier molecular flexibility index (Phi) is 7.12. The molecule has 1 aliphatic rings. The van der Waals surface area contributed by atoms with Gasteiger partial charge in [-0.25, -0.2) is 0 Å². The van der Waals surface area contributed by atoms with Crippen LogP contribution in [0.1, 0.15) is 18.4 Å². The summed E-state index contributed by atoms with van der Waals surface area (Å²) in [7, 11) is 3.31. The highest BCUT2D eigenvalue weighted by molar-refractivity contribution is 5.27. The van der Waals surface area contributed by atoms with Gasteiger partial charge in [-0.1, -0.05) is 12.1 Å². The second-order valence-corrected chi connectivity index (χ2v) is 5.91. The average Bonchev–Trinajstić information content (AvgIpc) is 2.55. The molecule has 1 aromatic carbocycles. The molecule has 22 heavy (non-hydrogen) atoms. The minimum Gasteiger partial charge on any atom is -0.497 e. The molecule has 2 N–H and O–H groups in total. The SMILES string of the molecule is COCC(O)CN1CCC(NCc2ccc(OC)cc2)CC1. The van der Waals surface area contributed by atoms with Crippen LogP contribution in [0, 0.1) is 0 Å². The smallest absolute Gasteiger partial charge is 0.118 e. The van der Waals surface area contributed by atoms with Gasteiger partial charge < -0.3 is 24.8 Å². The number of benzene rings is 1. The van der Waals surface area contributed by atoms with Crippen molar-refractivity contribution in [1.29, 1.82) is 0 Å². The molecule has 0 aliphatic carbocycles. The third-order valence-corrected chi connectivity index (χ3v) is 4.17. The summed E-state index contributed by atoms with van der Waals surface area (Å²) in [5.41, 5.74) is 1.28. The van der Waals surface area contributed by atoms with Gasteiger partial charge in [-0.2, -0.15) is 0 Å². The molecule has 0 radical (unpaired) electrons. The Morgan fingerprint density at radius 1 is 1.23 bits per heavy atom. The zero-order valence-corrected chi connectivity index (χ0v) is 13.6.